The average molecular weight is 870 g/mol. The number of methoxy groups -OCH3 is 1. The first-order chi connectivity index (χ1) is 29.1. The lowest BCUT2D eigenvalue weighted by molar-refractivity contribution is -0.337. The molecule has 13 nitrogen and oxygen atoms in total. The molecule has 0 bridgehead atoms. The number of alkyl halides is 3. The summed E-state index contributed by atoms with van der Waals surface area (Å²) >= 11 is 0. The Hall–Kier alpha value is -5.32. The van der Waals surface area contributed by atoms with Gasteiger partial charge >= 0.3 is 12.5 Å². The Balaban J connectivity index is 1.30. The highest BCUT2D eigenvalue weighted by Gasteiger charge is 2.42. The second-order valence-corrected chi connectivity index (χ2v) is 17.7. The van der Waals surface area contributed by atoms with Gasteiger partial charge in [-0.2, -0.15) is 0 Å². The zero-order chi connectivity index (χ0) is 45.5. The molecule has 4 aliphatic rings. The smallest absolute Gasteiger partial charge is 0.453 e. The van der Waals surface area contributed by atoms with Crippen LogP contribution in [0.4, 0.5) is 28.2 Å². The summed E-state index contributed by atoms with van der Waals surface area (Å²) in [4.78, 5) is 62.1. The molecule has 17 heteroatoms. The van der Waals surface area contributed by atoms with Gasteiger partial charge in [-0.25, -0.2) is 14.2 Å². The maximum atomic E-state index is 15.7. The molecule has 62 heavy (non-hydrogen) atoms. The van der Waals surface area contributed by atoms with Crippen LogP contribution in [0.1, 0.15) is 97.3 Å². The summed E-state index contributed by atoms with van der Waals surface area (Å²) in [6, 6.07) is 1.96. The van der Waals surface area contributed by atoms with Crippen molar-refractivity contribution in [2.75, 3.05) is 32.1 Å². The fraction of sp³-hybridized carbons (Fsp3) is 0.556. The number of nitrogens with zero attached hydrogens (tertiary/aromatic N) is 3. The van der Waals surface area contributed by atoms with E-state index in [9.17, 15) is 32.3 Å². The van der Waals surface area contributed by atoms with Gasteiger partial charge in [0.2, 0.25) is 11.8 Å². The number of nitrogens with one attached hydrogen (secondary N) is 4. The van der Waals surface area contributed by atoms with E-state index in [2.05, 4.69) is 44.8 Å². The Bertz CT molecular complexity index is 2050. The van der Waals surface area contributed by atoms with E-state index in [-0.39, 0.29) is 52.4 Å². The van der Waals surface area contributed by atoms with Gasteiger partial charge in [0.05, 0.1) is 30.5 Å². The number of carbonyl (C=O) groups is 4. The molecule has 2 aliphatic carbocycles. The predicted molar refractivity (Wildman–Crippen MR) is 227 cm³/mol. The molecule has 1 aromatic rings. The summed E-state index contributed by atoms with van der Waals surface area (Å²) in [5.74, 6) is -1.41. The molecule has 1 saturated heterocycles. The standard InChI is InChI=1S/C45H59F4N7O6/c1-25(2)38(55-43(60)61-8)41(58)56-24-26(3)19-35(56)39-27(4)9-10-30(22-53-39)28-11-13-29(14-12-28)32-20-33(46)34(21-36(32)62-45(47,48)49)54-40(57)31-15-16-37(52-23-31)50-17-18-51-42(59)44(5,6)7/h11,13,15-16,20,22-23,25-27,35-36,38H,9-10,12,14,17-19,21,24H2,1-8H3,(H,50,52)(H,51,59)(H,54,57)(H,55,60). The van der Waals surface area contributed by atoms with Gasteiger partial charge in [-0.1, -0.05) is 60.6 Å². The van der Waals surface area contributed by atoms with Crippen LogP contribution in [0, 0.1) is 23.2 Å². The van der Waals surface area contributed by atoms with E-state index in [1.54, 1.807) is 26.8 Å². The Morgan fingerprint density at radius 3 is 2.31 bits per heavy atom. The number of hydrogen-bond acceptors (Lipinski definition) is 9. The number of aromatic nitrogens is 1. The molecule has 0 spiro atoms. The number of pyridine rings is 1. The van der Waals surface area contributed by atoms with Crippen LogP contribution in [-0.4, -0.2) is 90.7 Å². The van der Waals surface area contributed by atoms with Crippen LogP contribution >= 0.6 is 0 Å². The molecule has 0 saturated carbocycles. The molecule has 0 aromatic carbocycles. The van der Waals surface area contributed by atoms with Crippen LogP contribution in [-0.2, 0) is 19.1 Å². The maximum Gasteiger partial charge on any atom is 0.523 e. The van der Waals surface area contributed by atoms with Gasteiger partial charge in [0.15, 0.2) is 0 Å². The quantitative estimate of drug-likeness (QED) is 0.115. The van der Waals surface area contributed by atoms with Crippen LogP contribution in [0.2, 0.25) is 0 Å². The average Bonchev–Trinajstić information content (AvgIpc) is 3.49. The number of hydrogen-bond donors (Lipinski definition) is 4. The van der Waals surface area contributed by atoms with E-state index in [1.165, 1.54) is 25.4 Å². The topological polar surface area (TPSA) is 163 Å². The highest BCUT2D eigenvalue weighted by atomic mass is 19.4. The highest BCUT2D eigenvalue weighted by Crippen LogP contribution is 2.40. The van der Waals surface area contributed by atoms with E-state index >= 15 is 4.39 Å². The van der Waals surface area contributed by atoms with E-state index in [4.69, 9.17) is 9.73 Å². The number of rotatable bonds is 13. The number of carbonyl (C=O) groups excluding carboxylic acids is 4. The third-order valence-corrected chi connectivity index (χ3v) is 11.5. The number of aliphatic imine (C=N–C) groups is 1. The van der Waals surface area contributed by atoms with Crippen molar-refractivity contribution < 1.29 is 46.2 Å². The number of likely N-dealkylation sites (tertiary alicyclic amines) is 1. The largest absolute Gasteiger partial charge is 0.523 e. The van der Waals surface area contributed by atoms with Crippen molar-refractivity contribution in [3.63, 3.8) is 0 Å². The molecule has 338 valence electrons. The molecule has 5 atom stereocenters. The minimum atomic E-state index is -5.03. The number of ether oxygens (including phenoxy) is 2. The number of halogens is 4. The molecule has 4 N–H and O–H groups in total. The highest BCUT2D eigenvalue weighted by molar-refractivity contribution is 5.97. The number of amides is 4. The van der Waals surface area contributed by atoms with Gasteiger partial charge < -0.3 is 30.9 Å². The third-order valence-electron chi connectivity index (χ3n) is 11.5. The molecule has 0 radical (unpaired) electrons. The zero-order valence-electron chi connectivity index (χ0n) is 36.7. The SMILES string of the molecule is COC(=O)NC(C(=O)N1CC(C)CC1C1=NC=C(C2=CC=C(C3=CC(F)=C(NC(=O)c4ccc(NCCNC(=O)C(C)(C)C)nc4)CC3OC(F)(F)F)CC2)CCC1C)C(C)C. The van der Waals surface area contributed by atoms with Gasteiger partial charge in [0.1, 0.15) is 17.7 Å². The zero-order valence-corrected chi connectivity index (χ0v) is 36.7. The molecule has 2 aliphatic heterocycles. The van der Waals surface area contributed by atoms with Crippen LogP contribution < -0.4 is 21.3 Å². The lowest BCUT2D eigenvalue weighted by atomic mass is 9.83. The molecular formula is C45H59F4N7O6. The van der Waals surface area contributed by atoms with Gasteiger partial charge in [-0.15, -0.1) is 13.2 Å². The lowest BCUT2D eigenvalue weighted by Gasteiger charge is -2.32. The Kier molecular flexibility index (Phi) is 15.6. The lowest BCUT2D eigenvalue weighted by Crippen LogP contribution is -2.54. The van der Waals surface area contributed by atoms with E-state index in [0.29, 0.717) is 50.3 Å². The van der Waals surface area contributed by atoms with Crippen molar-refractivity contribution in [2.45, 2.75) is 112 Å². The molecule has 4 amide bonds. The maximum absolute atomic E-state index is 15.7. The summed E-state index contributed by atoms with van der Waals surface area (Å²) in [5, 5.41) is 10.9. The van der Waals surface area contributed by atoms with Gasteiger partial charge in [0, 0.05) is 49.6 Å². The first kappa shape index (κ1) is 47.7. The first-order valence-corrected chi connectivity index (χ1v) is 21.1. The molecule has 5 unspecified atom stereocenters. The van der Waals surface area contributed by atoms with Gasteiger partial charge in [-0.3, -0.25) is 24.1 Å². The monoisotopic (exact) mass is 869 g/mol. The summed E-state index contributed by atoms with van der Waals surface area (Å²) in [5.41, 5.74) is 2.51. The summed E-state index contributed by atoms with van der Waals surface area (Å²) in [7, 11) is 1.26. The summed E-state index contributed by atoms with van der Waals surface area (Å²) < 4.78 is 66.2. The van der Waals surface area contributed by atoms with Crippen LogP contribution in [0.5, 0.6) is 0 Å². The van der Waals surface area contributed by atoms with Crippen molar-refractivity contribution in [1.29, 1.82) is 0 Å². The summed E-state index contributed by atoms with van der Waals surface area (Å²) in [6.07, 6.45) is 2.65. The number of anilines is 1. The molecule has 3 heterocycles. The van der Waals surface area contributed by atoms with Crippen molar-refractivity contribution >= 4 is 35.3 Å². The Labute approximate surface area is 360 Å². The number of alkyl carbamates (subject to hydrolysis) is 1. The van der Waals surface area contributed by atoms with Gasteiger partial charge in [-0.05, 0) is 90.4 Å². The normalized spacial score (nSPS) is 22.7. The van der Waals surface area contributed by atoms with Crippen molar-refractivity contribution in [3.05, 3.63) is 82.1 Å². The Morgan fingerprint density at radius 2 is 1.69 bits per heavy atom. The van der Waals surface area contributed by atoms with Crippen LogP contribution in [0.15, 0.2) is 81.6 Å². The van der Waals surface area contributed by atoms with Crippen LogP contribution in [0.25, 0.3) is 0 Å². The molecule has 5 rings (SSSR count). The van der Waals surface area contributed by atoms with Crippen molar-refractivity contribution in [1.82, 2.24) is 25.8 Å². The second kappa shape index (κ2) is 20.2. The molecular weight excluding hydrogens is 811 g/mol. The minimum absolute atomic E-state index is 0.0363. The summed E-state index contributed by atoms with van der Waals surface area (Å²) in [6.45, 7) is 14.6. The minimum Gasteiger partial charge on any atom is -0.453 e. The fourth-order valence-corrected chi connectivity index (χ4v) is 7.98. The second-order valence-electron chi connectivity index (χ2n) is 17.7. The van der Waals surface area contributed by atoms with E-state index in [0.717, 1.165) is 35.8 Å². The first-order valence-electron chi connectivity index (χ1n) is 21.1. The van der Waals surface area contributed by atoms with E-state index in [1.807, 2.05) is 31.0 Å². The fourth-order valence-electron chi connectivity index (χ4n) is 7.98. The third kappa shape index (κ3) is 12.4. The molecule has 1 fully saturated rings. The Morgan fingerprint density at radius 1 is 0.984 bits per heavy atom. The van der Waals surface area contributed by atoms with Crippen molar-refractivity contribution in [2.24, 2.45) is 28.2 Å². The van der Waals surface area contributed by atoms with Gasteiger partial charge in [0.25, 0.3) is 5.91 Å². The predicted octanol–water partition coefficient (Wildman–Crippen LogP) is 7.82. The number of allylic oxidation sites excluding steroid dienone is 6. The van der Waals surface area contributed by atoms with Crippen molar-refractivity contribution in [3.8, 4) is 0 Å². The van der Waals surface area contributed by atoms with E-state index < -0.39 is 48.2 Å². The van der Waals surface area contributed by atoms with Crippen LogP contribution in [0.3, 0.4) is 0 Å². The molecule has 1 aromatic heterocycles.